The van der Waals surface area contributed by atoms with Gasteiger partial charge in [0, 0.05) is 19.2 Å². The first-order valence-electron chi connectivity index (χ1n) is 7.46. The summed E-state index contributed by atoms with van der Waals surface area (Å²) in [6.07, 6.45) is 1.68. The van der Waals surface area contributed by atoms with Crippen molar-refractivity contribution in [3.8, 4) is 17.2 Å². The summed E-state index contributed by atoms with van der Waals surface area (Å²) >= 11 is 0. The summed E-state index contributed by atoms with van der Waals surface area (Å²) in [6.45, 7) is 2.85. The molecule has 0 spiro atoms. The average Bonchev–Trinajstić information content (AvgIpc) is 3.07. The maximum Gasteiger partial charge on any atom is 0.260 e. The zero-order chi connectivity index (χ0) is 15.6. The lowest BCUT2D eigenvalue weighted by atomic mass is 10.3. The molecule has 0 saturated heterocycles. The van der Waals surface area contributed by atoms with Crippen molar-refractivity contribution in [3.63, 3.8) is 0 Å². The van der Waals surface area contributed by atoms with Crippen molar-refractivity contribution in [2.45, 2.75) is 13.1 Å². The summed E-state index contributed by atoms with van der Waals surface area (Å²) in [7, 11) is 0. The Morgan fingerprint density at radius 3 is 3.00 bits per heavy atom. The van der Waals surface area contributed by atoms with Crippen LogP contribution in [-0.4, -0.2) is 51.9 Å². The first-order valence-corrected chi connectivity index (χ1v) is 7.46. The summed E-state index contributed by atoms with van der Waals surface area (Å²) in [5, 5.41) is 7.85. The number of hydrogen-bond acceptors (Lipinski definition) is 6. The van der Waals surface area contributed by atoms with Crippen molar-refractivity contribution < 1.29 is 19.0 Å². The molecule has 0 bridgehead atoms. The quantitative estimate of drug-likeness (QED) is 0.819. The Labute approximate surface area is 132 Å². The summed E-state index contributed by atoms with van der Waals surface area (Å²) in [5.74, 6) is 2.65. The summed E-state index contributed by atoms with van der Waals surface area (Å²) < 4.78 is 18.5. The largest absolute Gasteiger partial charge is 0.486 e. The van der Waals surface area contributed by atoms with Gasteiger partial charge in [-0.15, -0.1) is 10.2 Å². The van der Waals surface area contributed by atoms with Crippen molar-refractivity contribution in [1.29, 1.82) is 0 Å². The number of hydrogen-bond donors (Lipinski definition) is 0. The van der Waals surface area contributed by atoms with E-state index in [2.05, 4.69) is 10.2 Å². The molecule has 0 unspecified atom stereocenters. The Balaban J connectivity index is 1.37. The molecule has 23 heavy (non-hydrogen) atoms. The van der Waals surface area contributed by atoms with Crippen molar-refractivity contribution in [2.75, 3.05) is 26.4 Å². The number of amides is 1. The van der Waals surface area contributed by atoms with Crippen LogP contribution >= 0.6 is 0 Å². The molecule has 1 amide bonds. The van der Waals surface area contributed by atoms with Gasteiger partial charge >= 0.3 is 0 Å². The van der Waals surface area contributed by atoms with Crippen LogP contribution in [0, 0.1) is 0 Å². The summed E-state index contributed by atoms with van der Waals surface area (Å²) in [5.41, 5.74) is 0. The standard InChI is InChI=1S/C15H16N4O4/c20-15(18-3-4-19-10-16-17-14(19)8-18)9-23-11-1-2-12-13(7-11)22-6-5-21-12/h1-2,7,10H,3-6,8-9H2. The number of ether oxygens (including phenoxy) is 3. The number of rotatable bonds is 3. The third-order valence-electron chi connectivity index (χ3n) is 3.87. The molecule has 2 aromatic rings. The minimum Gasteiger partial charge on any atom is -0.486 e. The highest BCUT2D eigenvalue weighted by Crippen LogP contribution is 2.33. The van der Waals surface area contributed by atoms with Crippen LogP contribution in [0.15, 0.2) is 24.5 Å². The van der Waals surface area contributed by atoms with Crippen LogP contribution in [-0.2, 0) is 17.9 Å². The second kappa shape index (κ2) is 5.79. The second-order valence-corrected chi connectivity index (χ2v) is 5.35. The van der Waals surface area contributed by atoms with Crippen molar-refractivity contribution in [1.82, 2.24) is 19.7 Å². The van der Waals surface area contributed by atoms with Crippen molar-refractivity contribution >= 4 is 5.91 Å². The fraction of sp³-hybridized carbons (Fsp3) is 0.400. The summed E-state index contributed by atoms with van der Waals surface area (Å²) in [6, 6.07) is 5.31. The zero-order valence-electron chi connectivity index (χ0n) is 12.5. The van der Waals surface area contributed by atoms with Gasteiger partial charge in [-0.3, -0.25) is 4.79 Å². The molecule has 120 valence electrons. The second-order valence-electron chi connectivity index (χ2n) is 5.35. The van der Waals surface area contributed by atoms with Gasteiger partial charge < -0.3 is 23.7 Å². The molecule has 0 saturated carbocycles. The van der Waals surface area contributed by atoms with Gasteiger partial charge in [0.25, 0.3) is 5.91 Å². The smallest absolute Gasteiger partial charge is 0.260 e. The monoisotopic (exact) mass is 316 g/mol. The average molecular weight is 316 g/mol. The lowest BCUT2D eigenvalue weighted by Gasteiger charge is -2.27. The highest BCUT2D eigenvalue weighted by atomic mass is 16.6. The number of benzene rings is 1. The number of carbonyl (C=O) groups is 1. The van der Waals surface area contributed by atoms with Crippen LogP contribution in [0.3, 0.4) is 0 Å². The predicted molar refractivity (Wildman–Crippen MR) is 78.4 cm³/mol. The number of aromatic nitrogens is 3. The maximum atomic E-state index is 12.3. The number of fused-ring (bicyclic) bond motifs is 2. The van der Waals surface area contributed by atoms with Crippen LogP contribution in [0.1, 0.15) is 5.82 Å². The molecule has 0 aliphatic carbocycles. The van der Waals surface area contributed by atoms with Gasteiger partial charge in [0.05, 0.1) is 6.54 Å². The minimum absolute atomic E-state index is 0.0201. The normalized spacial score (nSPS) is 15.9. The first-order chi connectivity index (χ1) is 11.3. The van der Waals surface area contributed by atoms with E-state index in [-0.39, 0.29) is 12.5 Å². The Hall–Kier alpha value is -2.77. The molecular formula is C15H16N4O4. The Bertz CT molecular complexity index is 730. The number of carbonyl (C=O) groups excluding carboxylic acids is 1. The van der Waals surface area contributed by atoms with Gasteiger partial charge in [0.15, 0.2) is 23.9 Å². The molecule has 0 atom stereocenters. The van der Waals surface area contributed by atoms with Crippen molar-refractivity contribution in [2.24, 2.45) is 0 Å². The predicted octanol–water partition coefficient (Wildman–Crippen LogP) is 0.470. The SMILES string of the molecule is O=C(COc1ccc2c(c1)OCCO2)N1CCn2cnnc2C1. The van der Waals surface area contributed by atoms with Gasteiger partial charge in [-0.05, 0) is 12.1 Å². The molecule has 0 N–H and O–H groups in total. The molecule has 8 heteroatoms. The van der Waals surface area contributed by atoms with E-state index >= 15 is 0 Å². The zero-order valence-corrected chi connectivity index (χ0v) is 12.5. The van der Waals surface area contributed by atoms with Gasteiger partial charge in [-0.25, -0.2) is 0 Å². The molecule has 8 nitrogen and oxygen atoms in total. The Morgan fingerprint density at radius 1 is 1.22 bits per heavy atom. The van der Waals surface area contributed by atoms with E-state index in [1.165, 1.54) is 0 Å². The number of nitrogens with zero attached hydrogens (tertiary/aromatic N) is 4. The topological polar surface area (TPSA) is 78.7 Å². The van der Waals surface area contributed by atoms with Gasteiger partial charge in [-0.2, -0.15) is 0 Å². The molecule has 1 aromatic carbocycles. The van der Waals surface area contributed by atoms with Gasteiger partial charge in [0.1, 0.15) is 25.3 Å². The third-order valence-corrected chi connectivity index (χ3v) is 3.87. The fourth-order valence-electron chi connectivity index (χ4n) is 2.63. The van der Waals surface area contributed by atoms with Crippen LogP contribution in [0.5, 0.6) is 17.2 Å². The maximum absolute atomic E-state index is 12.3. The Kier molecular flexibility index (Phi) is 3.49. The third kappa shape index (κ3) is 2.79. The molecular weight excluding hydrogens is 300 g/mol. The van der Waals surface area contributed by atoms with Crippen LogP contribution < -0.4 is 14.2 Å². The molecule has 3 heterocycles. The van der Waals surface area contributed by atoms with E-state index in [1.807, 2.05) is 4.57 Å². The summed E-state index contributed by atoms with van der Waals surface area (Å²) in [4.78, 5) is 14.0. The van der Waals surface area contributed by atoms with Crippen LogP contribution in [0.2, 0.25) is 0 Å². The lowest BCUT2D eigenvalue weighted by Crippen LogP contribution is -2.40. The highest BCUT2D eigenvalue weighted by Gasteiger charge is 2.22. The molecule has 1 aromatic heterocycles. The molecule has 2 aliphatic heterocycles. The van der Waals surface area contributed by atoms with E-state index in [0.717, 1.165) is 5.82 Å². The fourth-order valence-corrected chi connectivity index (χ4v) is 2.63. The molecule has 2 aliphatic rings. The van der Waals surface area contributed by atoms with E-state index in [1.54, 1.807) is 29.4 Å². The molecule has 4 rings (SSSR count). The van der Waals surface area contributed by atoms with E-state index in [9.17, 15) is 4.79 Å². The van der Waals surface area contributed by atoms with Gasteiger partial charge in [-0.1, -0.05) is 0 Å². The van der Waals surface area contributed by atoms with Crippen LogP contribution in [0.4, 0.5) is 0 Å². The highest BCUT2D eigenvalue weighted by molar-refractivity contribution is 5.77. The van der Waals surface area contributed by atoms with E-state index in [0.29, 0.717) is 50.1 Å². The van der Waals surface area contributed by atoms with Crippen molar-refractivity contribution in [3.05, 3.63) is 30.4 Å². The first kappa shape index (κ1) is 13.9. The molecule has 0 radical (unpaired) electrons. The molecule has 0 fully saturated rings. The Morgan fingerprint density at radius 2 is 2.09 bits per heavy atom. The van der Waals surface area contributed by atoms with E-state index < -0.39 is 0 Å². The van der Waals surface area contributed by atoms with Gasteiger partial charge in [0.2, 0.25) is 0 Å². The van der Waals surface area contributed by atoms with E-state index in [4.69, 9.17) is 14.2 Å². The minimum atomic E-state index is -0.0749. The van der Waals surface area contributed by atoms with Crippen LogP contribution in [0.25, 0.3) is 0 Å². The lowest BCUT2D eigenvalue weighted by molar-refractivity contribution is -0.134.